The number of nitrogen functional groups attached to an aromatic ring is 1. The van der Waals surface area contributed by atoms with Crippen molar-refractivity contribution >= 4 is 11.9 Å². The first-order valence-electron chi connectivity index (χ1n) is 4.24. The monoisotopic (exact) mass is 193 g/mol. The summed E-state index contributed by atoms with van der Waals surface area (Å²) in [5.41, 5.74) is 5.36. The van der Waals surface area contributed by atoms with E-state index >= 15 is 0 Å². The highest BCUT2D eigenvalue weighted by atomic mass is 15.3. The largest absolute Gasteiger partial charge is 0.368 e. The van der Waals surface area contributed by atoms with Gasteiger partial charge in [-0.05, 0) is 0 Å². The fraction of sp³-hybridized carbons (Fsp3) is 0.286. The van der Waals surface area contributed by atoms with Gasteiger partial charge in [0.15, 0.2) is 0 Å². The molecule has 0 aliphatic carbocycles. The standard InChI is InChI=1S/C7H11N7/c8-6-12-7(14-13-6)11-2-1-5-9-3-4-10-5/h3-4H,1-2H2,(H,9,10)(H4,8,11,12,13,14). The van der Waals surface area contributed by atoms with E-state index in [9.17, 15) is 0 Å². The first kappa shape index (κ1) is 8.54. The topological polar surface area (TPSA) is 108 Å². The number of nitrogens with one attached hydrogen (secondary N) is 3. The molecule has 0 aliphatic rings. The van der Waals surface area contributed by atoms with Crippen LogP contribution in [0.2, 0.25) is 0 Å². The van der Waals surface area contributed by atoms with E-state index in [4.69, 9.17) is 5.73 Å². The van der Waals surface area contributed by atoms with Crippen molar-refractivity contribution < 1.29 is 0 Å². The Morgan fingerprint density at radius 1 is 1.50 bits per heavy atom. The number of aromatic amines is 2. The van der Waals surface area contributed by atoms with E-state index in [1.165, 1.54) is 0 Å². The number of hydrogen-bond donors (Lipinski definition) is 4. The minimum atomic E-state index is 0.311. The molecule has 7 heteroatoms. The highest BCUT2D eigenvalue weighted by Gasteiger charge is 1.99. The van der Waals surface area contributed by atoms with Crippen LogP contribution in [0.25, 0.3) is 0 Å². The Balaban J connectivity index is 1.78. The van der Waals surface area contributed by atoms with Crippen molar-refractivity contribution in [2.75, 3.05) is 17.6 Å². The summed E-state index contributed by atoms with van der Waals surface area (Å²) in [5.74, 6) is 1.75. The summed E-state index contributed by atoms with van der Waals surface area (Å²) < 4.78 is 0. The van der Waals surface area contributed by atoms with Gasteiger partial charge in [-0.1, -0.05) is 0 Å². The summed E-state index contributed by atoms with van der Waals surface area (Å²) in [5, 5.41) is 9.39. The fourth-order valence-corrected chi connectivity index (χ4v) is 1.08. The lowest BCUT2D eigenvalue weighted by atomic mass is 10.4. The molecular weight excluding hydrogens is 182 g/mol. The molecule has 7 nitrogen and oxygen atoms in total. The lowest BCUT2D eigenvalue weighted by molar-refractivity contribution is 0.914. The van der Waals surface area contributed by atoms with Crippen molar-refractivity contribution in [2.24, 2.45) is 0 Å². The van der Waals surface area contributed by atoms with Gasteiger partial charge in [0.25, 0.3) is 0 Å². The molecule has 0 aromatic carbocycles. The molecule has 14 heavy (non-hydrogen) atoms. The van der Waals surface area contributed by atoms with Crippen LogP contribution in [0.3, 0.4) is 0 Å². The molecule has 2 aromatic heterocycles. The molecule has 2 heterocycles. The summed E-state index contributed by atoms with van der Waals surface area (Å²) in [6, 6.07) is 0. The second-order valence-electron chi connectivity index (χ2n) is 2.76. The third kappa shape index (κ3) is 2.00. The smallest absolute Gasteiger partial charge is 0.243 e. The van der Waals surface area contributed by atoms with Crippen LogP contribution in [0.5, 0.6) is 0 Å². The summed E-state index contributed by atoms with van der Waals surface area (Å²) in [7, 11) is 0. The van der Waals surface area contributed by atoms with Gasteiger partial charge in [0.1, 0.15) is 5.82 Å². The second kappa shape index (κ2) is 3.77. The molecule has 5 N–H and O–H groups in total. The third-order valence-electron chi connectivity index (χ3n) is 1.70. The van der Waals surface area contributed by atoms with Crippen LogP contribution in [-0.2, 0) is 6.42 Å². The molecule has 0 bridgehead atoms. The van der Waals surface area contributed by atoms with Crippen molar-refractivity contribution in [1.82, 2.24) is 25.1 Å². The number of aromatic nitrogens is 5. The van der Waals surface area contributed by atoms with Crippen LogP contribution in [0.1, 0.15) is 5.82 Å². The first-order chi connectivity index (χ1) is 6.84. The van der Waals surface area contributed by atoms with Gasteiger partial charge in [0.05, 0.1) is 0 Å². The lowest BCUT2D eigenvalue weighted by Crippen LogP contribution is -2.07. The Morgan fingerprint density at radius 2 is 2.43 bits per heavy atom. The Hall–Kier alpha value is -2.05. The highest BCUT2D eigenvalue weighted by Crippen LogP contribution is 1.98. The Morgan fingerprint density at radius 3 is 3.07 bits per heavy atom. The average Bonchev–Trinajstić information content (AvgIpc) is 2.77. The van der Waals surface area contributed by atoms with Gasteiger partial charge in [-0.2, -0.15) is 4.98 Å². The molecule has 0 unspecified atom stereocenters. The molecule has 0 saturated heterocycles. The lowest BCUT2D eigenvalue weighted by Gasteiger charge is -1.98. The quantitative estimate of drug-likeness (QED) is 0.536. The molecule has 0 radical (unpaired) electrons. The second-order valence-corrected chi connectivity index (χ2v) is 2.76. The van der Waals surface area contributed by atoms with E-state index in [2.05, 4.69) is 30.5 Å². The number of hydrogen-bond acceptors (Lipinski definition) is 5. The van der Waals surface area contributed by atoms with Gasteiger partial charge in [-0.25, -0.2) is 10.1 Å². The van der Waals surface area contributed by atoms with Crippen LogP contribution in [-0.4, -0.2) is 31.7 Å². The highest BCUT2D eigenvalue weighted by molar-refractivity contribution is 5.29. The van der Waals surface area contributed by atoms with Crippen LogP contribution in [0.15, 0.2) is 12.4 Å². The predicted molar refractivity (Wildman–Crippen MR) is 51.6 cm³/mol. The van der Waals surface area contributed by atoms with Crippen molar-refractivity contribution in [2.45, 2.75) is 6.42 Å². The zero-order valence-corrected chi connectivity index (χ0v) is 7.49. The van der Waals surface area contributed by atoms with Gasteiger partial charge in [-0.15, -0.1) is 5.10 Å². The summed E-state index contributed by atoms with van der Waals surface area (Å²) in [4.78, 5) is 11.0. The van der Waals surface area contributed by atoms with E-state index in [0.29, 0.717) is 18.4 Å². The van der Waals surface area contributed by atoms with Gasteiger partial charge < -0.3 is 16.0 Å². The first-order valence-corrected chi connectivity index (χ1v) is 4.24. The maximum Gasteiger partial charge on any atom is 0.243 e. The minimum absolute atomic E-state index is 0.311. The molecule has 2 rings (SSSR count). The molecule has 0 fully saturated rings. The summed E-state index contributed by atoms with van der Waals surface area (Å²) in [6.45, 7) is 0.713. The Bertz CT molecular complexity index is 376. The van der Waals surface area contributed by atoms with Crippen molar-refractivity contribution in [3.63, 3.8) is 0 Å². The van der Waals surface area contributed by atoms with Crippen LogP contribution in [0.4, 0.5) is 11.9 Å². The number of nitrogens with zero attached hydrogens (tertiary/aromatic N) is 3. The van der Waals surface area contributed by atoms with E-state index in [1.807, 2.05) is 0 Å². The van der Waals surface area contributed by atoms with E-state index in [1.54, 1.807) is 12.4 Å². The van der Waals surface area contributed by atoms with Gasteiger partial charge in [0.2, 0.25) is 11.9 Å². The molecule has 0 atom stereocenters. The number of H-pyrrole nitrogens is 2. The summed E-state index contributed by atoms with van der Waals surface area (Å²) >= 11 is 0. The molecule has 0 aliphatic heterocycles. The van der Waals surface area contributed by atoms with E-state index < -0.39 is 0 Å². The number of imidazole rings is 1. The van der Waals surface area contributed by atoms with Gasteiger partial charge in [0, 0.05) is 25.4 Å². The van der Waals surface area contributed by atoms with Crippen LogP contribution >= 0.6 is 0 Å². The summed E-state index contributed by atoms with van der Waals surface area (Å²) in [6.07, 6.45) is 4.31. The molecule has 2 aromatic rings. The zero-order chi connectivity index (χ0) is 9.80. The van der Waals surface area contributed by atoms with Crippen molar-refractivity contribution in [3.05, 3.63) is 18.2 Å². The molecule has 0 saturated carbocycles. The fourth-order valence-electron chi connectivity index (χ4n) is 1.08. The average molecular weight is 193 g/mol. The van der Waals surface area contributed by atoms with E-state index in [-0.39, 0.29) is 0 Å². The Kier molecular flexibility index (Phi) is 2.30. The van der Waals surface area contributed by atoms with Crippen molar-refractivity contribution in [1.29, 1.82) is 0 Å². The zero-order valence-electron chi connectivity index (χ0n) is 7.49. The maximum atomic E-state index is 5.36. The van der Waals surface area contributed by atoms with Gasteiger partial charge >= 0.3 is 0 Å². The predicted octanol–water partition coefficient (Wildman–Crippen LogP) is -0.235. The normalized spacial score (nSPS) is 10.3. The SMILES string of the molecule is Nc1nc(NCCc2ncc[nH]2)n[nH]1. The molecular formula is C7H11N7. The maximum absolute atomic E-state index is 5.36. The van der Waals surface area contributed by atoms with Crippen LogP contribution < -0.4 is 11.1 Å². The molecule has 0 amide bonds. The van der Waals surface area contributed by atoms with Gasteiger partial charge in [-0.3, -0.25) is 0 Å². The Labute approximate surface area is 80.2 Å². The third-order valence-corrected chi connectivity index (χ3v) is 1.70. The number of nitrogens with two attached hydrogens (primary N) is 1. The van der Waals surface area contributed by atoms with E-state index in [0.717, 1.165) is 12.2 Å². The minimum Gasteiger partial charge on any atom is -0.368 e. The molecule has 74 valence electrons. The molecule has 0 spiro atoms. The number of anilines is 2. The van der Waals surface area contributed by atoms with Crippen LogP contribution in [0, 0.1) is 0 Å². The van der Waals surface area contributed by atoms with Crippen molar-refractivity contribution in [3.8, 4) is 0 Å². The number of rotatable bonds is 4.